The zero-order chi connectivity index (χ0) is 11.2. The van der Waals surface area contributed by atoms with E-state index in [9.17, 15) is 4.79 Å². The van der Waals surface area contributed by atoms with E-state index in [0.717, 1.165) is 39.0 Å². The second-order valence-corrected chi connectivity index (χ2v) is 4.76. The van der Waals surface area contributed by atoms with Crippen molar-refractivity contribution in [3.8, 4) is 0 Å². The molecule has 2 heterocycles. The molecule has 2 aliphatic rings. The predicted molar refractivity (Wildman–Crippen MR) is 65.2 cm³/mol. The highest BCUT2D eigenvalue weighted by molar-refractivity contribution is 5.76. The fourth-order valence-corrected chi connectivity index (χ4v) is 2.47. The van der Waals surface area contributed by atoms with E-state index in [0.29, 0.717) is 12.3 Å². The average Bonchev–Trinajstić information content (AvgIpc) is 2.38. The molecule has 2 rings (SSSR count). The molecule has 90 valence electrons. The molecule has 2 aliphatic heterocycles. The fourth-order valence-electron chi connectivity index (χ4n) is 2.47. The molecule has 0 aliphatic carbocycles. The summed E-state index contributed by atoms with van der Waals surface area (Å²) in [6.07, 6.45) is 8.72. The SMILES string of the molecule is O=C(CCC1=CCNCC1)N1CCCCC1. The van der Waals surface area contributed by atoms with Crippen LogP contribution in [0, 0.1) is 0 Å². The Balaban J connectivity index is 1.72. The van der Waals surface area contributed by atoms with E-state index < -0.39 is 0 Å². The summed E-state index contributed by atoms with van der Waals surface area (Å²) in [6, 6.07) is 0. The molecule has 0 unspecified atom stereocenters. The van der Waals surface area contributed by atoms with Gasteiger partial charge in [0.2, 0.25) is 5.91 Å². The van der Waals surface area contributed by atoms with Gasteiger partial charge in [-0.3, -0.25) is 4.79 Å². The maximum absolute atomic E-state index is 11.9. The number of nitrogens with one attached hydrogen (secondary N) is 1. The van der Waals surface area contributed by atoms with Crippen LogP contribution in [0.15, 0.2) is 11.6 Å². The van der Waals surface area contributed by atoms with Crippen molar-refractivity contribution in [2.45, 2.75) is 38.5 Å². The lowest BCUT2D eigenvalue weighted by atomic mass is 10.0. The third-order valence-corrected chi connectivity index (χ3v) is 3.53. The zero-order valence-electron chi connectivity index (χ0n) is 10.0. The fraction of sp³-hybridized carbons (Fsp3) is 0.769. The van der Waals surface area contributed by atoms with Gasteiger partial charge in [-0.2, -0.15) is 0 Å². The Labute approximate surface area is 97.9 Å². The van der Waals surface area contributed by atoms with Crippen molar-refractivity contribution >= 4 is 5.91 Å². The van der Waals surface area contributed by atoms with E-state index in [1.165, 1.54) is 24.8 Å². The van der Waals surface area contributed by atoms with Crippen LogP contribution in [-0.4, -0.2) is 37.0 Å². The van der Waals surface area contributed by atoms with Crippen LogP contribution in [-0.2, 0) is 4.79 Å². The second-order valence-electron chi connectivity index (χ2n) is 4.76. The summed E-state index contributed by atoms with van der Waals surface area (Å²) < 4.78 is 0. The number of amides is 1. The maximum Gasteiger partial charge on any atom is 0.222 e. The van der Waals surface area contributed by atoms with Crippen molar-refractivity contribution in [3.63, 3.8) is 0 Å². The molecule has 1 saturated heterocycles. The molecule has 1 amide bonds. The standard InChI is InChI=1S/C13H22N2O/c16-13(15-10-2-1-3-11-15)5-4-12-6-8-14-9-7-12/h6,14H,1-5,7-11H2. The highest BCUT2D eigenvalue weighted by atomic mass is 16.2. The van der Waals surface area contributed by atoms with Gasteiger partial charge in [-0.15, -0.1) is 0 Å². The van der Waals surface area contributed by atoms with E-state index in [2.05, 4.69) is 11.4 Å². The number of hydrogen-bond donors (Lipinski definition) is 1. The molecular formula is C13H22N2O. The van der Waals surface area contributed by atoms with Crippen LogP contribution < -0.4 is 5.32 Å². The molecule has 1 fully saturated rings. The van der Waals surface area contributed by atoms with Crippen molar-refractivity contribution in [3.05, 3.63) is 11.6 Å². The van der Waals surface area contributed by atoms with Crippen LogP contribution in [0.25, 0.3) is 0 Å². The Morgan fingerprint density at radius 1 is 1.31 bits per heavy atom. The first-order valence-electron chi connectivity index (χ1n) is 6.52. The number of carbonyl (C=O) groups is 1. The Kier molecular flexibility index (Phi) is 4.40. The number of piperidine rings is 1. The van der Waals surface area contributed by atoms with Crippen LogP contribution in [0.4, 0.5) is 0 Å². The Morgan fingerprint density at radius 3 is 2.81 bits per heavy atom. The van der Waals surface area contributed by atoms with Crippen LogP contribution in [0.1, 0.15) is 38.5 Å². The van der Waals surface area contributed by atoms with Gasteiger partial charge in [0.05, 0.1) is 0 Å². The van der Waals surface area contributed by atoms with Gasteiger partial charge < -0.3 is 10.2 Å². The van der Waals surface area contributed by atoms with Gasteiger partial charge >= 0.3 is 0 Å². The first-order valence-corrected chi connectivity index (χ1v) is 6.52. The van der Waals surface area contributed by atoms with Crippen LogP contribution in [0.5, 0.6) is 0 Å². The summed E-state index contributed by atoms with van der Waals surface area (Å²) in [5.41, 5.74) is 1.46. The Morgan fingerprint density at radius 2 is 2.12 bits per heavy atom. The van der Waals surface area contributed by atoms with Gasteiger partial charge in [0.1, 0.15) is 0 Å². The molecule has 0 saturated carbocycles. The largest absolute Gasteiger partial charge is 0.343 e. The van der Waals surface area contributed by atoms with Gasteiger partial charge in [0.15, 0.2) is 0 Å². The van der Waals surface area contributed by atoms with Crippen LogP contribution >= 0.6 is 0 Å². The second kappa shape index (κ2) is 6.04. The lowest BCUT2D eigenvalue weighted by Gasteiger charge is -2.27. The summed E-state index contributed by atoms with van der Waals surface area (Å²) in [6.45, 7) is 4.02. The minimum Gasteiger partial charge on any atom is -0.343 e. The van der Waals surface area contributed by atoms with E-state index in [-0.39, 0.29) is 0 Å². The highest BCUT2D eigenvalue weighted by Crippen LogP contribution is 2.15. The maximum atomic E-state index is 11.9. The molecule has 0 spiro atoms. The van der Waals surface area contributed by atoms with Crippen LogP contribution in [0.3, 0.4) is 0 Å². The van der Waals surface area contributed by atoms with E-state index >= 15 is 0 Å². The van der Waals surface area contributed by atoms with E-state index in [4.69, 9.17) is 0 Å². The van der Waals surface area contributed by atoms with Crippen molar-refractivity contribution in [1.82, 2.24) is 10.2 Å². The highest BCUT2D eigenvalue weighted by Gasteiger charge is 2.16. The average molecular weight is 222 g/mol. The number of rotatable bonds is 3. The molecular weight excluding hydrogens is 200 g/mol. The first kappa shape index (κ1) is 11.6. The quantitative estimate of drug-likeness (QED) is 0.737. The Bertz CT molecular complexity index is 267. The van der Waals surface area contributed by atoms with Crippen molar-refractivity contribution in [1.29, 1.82) is 0 Å². The minimum atomic E-state index is 0.360. The zero-order valence-corrected chi connectivity index (χ0v) is 10.0. The number of carbonyl (C=O) groups excluding carboxylic acids is 1. The van der Waals surface area contributed by atoms with Gasteiger partial charge in [-0.25, -0.2) is 0 Å². The third kappa shape index (κ3) is 3.34. The smallest absolute Gasteiger partial charge is 0.222 e. The summed E-state index contributed by atoms with van der Waals surface area (Å²) in [7, 11) is 0. The number of likely N-dealkylation sites (tertiary alicyclic amines) is 1. The van der Waals surface area contributed by atoms with Gasteiger partial charge in [-0.1, -0.05) is 11.6 Å². The lowest BCUT2D eigenvalue weighted by molar-refractivity contribution is -0.132. The first-order chi connectivity index (χ1) is 7.86. The van der Waals surface area contributed by atoms with Gasteiger partial charge in [0, 0.05) is 26.1 Å². The van der Waals surface area contributed by atoms with Crippen LogP contribution in [0.2, 0.25) is 0 Å². The monoisotopic (exact) mass is 222 g/mol. The summed E-state index contributed by atoms with van der Waals surface area (Å²) in [5, 5.41) is 3.29. The normalized spacial score (nSPS) is 21.8. The molecule has 3 heteroatoms. The topological polar surface area (TPSA) is 32.3 Å². The molecule has 1 N–H and O–H groups in total. The summed E-state index contributed by atoms with van der Waals surface area (Å²) >= 11 is 0. The Hall–Kier alpha value is -0.830. The number of hydrogen-bond acceptors (Lipinski definition) is 2. The molecule has 3 nitrogen and oxygen atoms in total. The molecule has 0 atom stereocenters. The summed E-state index contributed by atoms with van der Waals surface area (Å²) in [5.74, 6) is 0.360. The summed E-state index contributed by atoms with van der Waals surface area (Å²) in [4.78, 5) is 14.0. The predicted octanol–water partition coefficient (Wildman–Crippen LogP) is 1.70. The van der Waals surface area contributed by atoms with E-state index in [1.807, 2.05) is 4.90 Å². The van der Waals surface area contributed by atoms with Gasteiger partial charge in [0.25, 0.3) is 0 Å². The lowest BCUT2D eigenvalue weighted by Crippen LogP contribution is -2.35. The molecule has 16 heavy (non-hydrogen) atoms. The minimum absolute atomic E-state index is 0.360. The van der Waals surface area contributed by atoms with Crippen molar-refractivity contribution in [2.24, 2.45) is 0 Å². The molecule has 0 radical (unpaired) electrons. The third-order valence-electron chi connectivity index (χ3n) is 3.53. The van der Waals surface area contributed by atoms with Gasteiger partial charge in [-0.05, 0) is 38.6 Å². The molecule has 0 aromatic heterocycles. The van der Waals surface area contributed by atoms with Crippen molar-refractivity contribution < 1.29 is 4.79 Å². The number of nitrogens with zero attached hydrogens (tertiary/aromatic N) is 1. The van der Waals surface area contributed by atoms with Crippen molar-refractivity contribution in [2.75, 3.05) is 26.2 Å². The molecule has 0 bridgehead atoms. The molecule has 0 aromatic rings. The molecule has 0 aromatic carbocycles. The van der Waals surface area contributed by atoms with E-state index in [1.54, 1.807) is 0 Å².